The molecule has 0 saturated heterocycles. The Morgan fingerprint density at radius 3 is 2.95 bits per heavy atom. The lowest BCUT2D eigenvalue weighted by atomic mass is 9.99. The fraction of sp³-hybridized carbons (Fsp3) is 0.438. The second-order valence-corrected chi connectivity index (χ2v) is 5.95. The standard InChI is InChI=1S/C16H21N5O/c1-11(2)13-9-21(14-6-4-3-5-12(14)19-13)16(22)8-7-15-17-10-18-20-15/h3-6,10-11,13,19H,7-9H2,1-2H3,(H,17,18,20). The van der Waals surface area contributed by atoms with Crippen LogP contribution in [-0.2, 0) is 11.2 Å². The van der Waals surface area contributed by atoms with Crippen molar-refractivity contribution in [2.45, 2.75) is 32.7 Å². The number of nitrogens with zero attached hydrogens (tertiary/aromatic N) is 3. The van der Waals surface area contributed by atoms with Gasteiger partial charge in [-0.1, -0.05) is 26.0 Å². The zero-order valence-electron chi connectivity index (χ0n) is 12.9. The number of benzene rings is 1. The van der Waals surface area contributed by atoms with Gasteiger partial charge in [-0.25, -0.2) is 4.98 Å². The number of fused-ring (bicyclic) bond motifs is 1. The molecule has 0 radical (unpaired) electrons. The van der Waals surface area contributed by atoms with Crippen LogP contribution in [0.3, 0.4) is 0 Å². The van der Waals surface area contributed by atoms with Gasteiger partial charge in [-0.2, -0.15) is 5.10 Å². The molecular weight excluding hydrogens is 278 g/mol. The summed E-state index contributed by atoms with van der Waals surface area (Å²) in [5.74, 6) is 1.33. The Hall–Kier alpha value is -2.37. The van der Waals surface area contributed by atoms with Crippen molar-refractivity contribution in [2.75, 3.05) is 16.8 Å². The first kappa shape index (κ1) is 14.6. The normalized spacial score (nSPS) is 17.2. The van der Waals surface area contributed by atoms with Gasteiger partial charge in [0.1, 0.15) is 12.2 Å². The molecule has 3 rings (SSSR count). The number of amides is 1. The minimum absolute atomic E-state index is 0.121. The number of carbonyl (C=O) groups excluding carboxylic acids is 1. The highest BCUT2D eigenvalue weighted by molar-refractivity contribution is 5.97. The summed E-state index contributed by atoms with van der Waals surface area (Å²) in [4.78, 5) is 18.6. The predicted octanol–water partition coefficient (Wildman–Crippen LogP) is 2.22. The van der Waals surface area contributed by atoms with E-state index < -0.39 is 0 Å². The Morgan fingerprint density at radius 1 is 1.41 bits per heavy atom. The maximum absolute atomic E-state index is 12.7. The highest BCUT2D eigenvalue weighted by Gasteiger charge is 2.29. The number of aromatic nitrogens is 3. The molecule has 1 amide bonds. The second-order valence-electron chi connectivity index (χ2n) is 5.95. The van der Waals surface area contributed by atoms with Crippen molar-refractivity contribution < 1.29 is 4.79 Å². The van der Waals surface area contributed by atoms with Crippen molar-refractivity contribution >= 4 is 17.3 Å². The van der Waals surface area contributed by atoms with Gasteiger partial charge in [-0.05, 0) is 18.1 Å². The quantitative estimate of drug-likeness (QED) is 0.908. The van der Waals surface area contributed by atoms with Crippen LogP contribution in [-0.4, -0.2) is 33.7 Å². The minimum Gasteiger partial charge on any atom is -0.379 e. The van der Waals surface area contributed by atoms with Crippen LogP contribution in [0.4, 0.5) is 11.4 Å². The molecule has 1 atom stereocenters. The Balaban J connectivity index is 1.77. The van der Waals surface area contributed by atoms with Crippen LogP contribution < -0.4 is 10.2 Å². The Kier molecular flexibility index (Phi) is 4.09. The van der Waals surface area contributed by atoms with Gasteiger partial charge in [0.05, 0.1) is 11.4 Å². The summed E-state index contributed by atoms with van der Waals surface area (Å²) in [6.45, 7) is 5.04. The summed E-state index contributed by atoms with van der Waals surface area (Å²) in [5.41, 5.74) is 1.99. The lowest BCUT2D eigenvalue weighted by molar-refractivity contribution is -0.118. The van der Waals surface area contributed by atoms with Crippen LogP contribution in [0.15, 0.2) is 30.6 Å². The molecule has 1 aliphatic rings. The Morgan fingerprint density at radius 2 is 2.23 bits per heavy atom. The van der Waals surface area contributed by atoms with Crippen LogP contribution in [0.1, 0.15) is 26.1 Å². The number of hydrogen-bond donors (Lipinski definition) is 2. The summed E-state index contributed by atoms with van der Waals surface area (Å²) in [6.07, 6.45) is 2.47. The molecule has 2 N–H and O–H groups in total. The number of nitrogens with one attached hydrogen (secondary N) is 2. The van der Waals surface area contributed by atoms with Crippen LogP contribution in [0.25, 0.3) is 0 Å². The molecule has 0 aliphatic carbocycles. The molecule has 0 spiro atoms. The fourth-order valence-corrected chi connectivity index (χ4v) is 2.70. The van der Waals surface area contributed by atoms with E-state index in [0.717, 1.165) is 17.2 Å². The highest BCUT2D eigenvalue weighted by Crippen LogP contribution is 2.32. The number of aryl methyl sites for hydroxylation is 1. The van der Waals surface area contributed by atoms with E-state index in [2.05, 4.69) is 34.3 Å². The van der Waals surface area contributed by atoms with Crippen molar-refractivity contribution in [1.29, 1.82) is 0 Å². The second kappa shape index (κ2) is 6.17. The number of H-pyrrole nitrogens is 1. The maximum atomic E-state index is 12.7. The lowest BCUT2D eigenvalue weighted by Gasteiger charge is -2.37. The molecular formula is C16H21N5O. The maximum Gasteiger partial charge on any atom is 0.227 e. The topological polar surface area (TPSA) is 73.9 Å². The van der Waals surface area contributed by atoms with Crippen molar-refractivity contribution in [3.8, 4) is 0 Å². The molecule has 1 aromatic heterocycles. The van der Waals surface area contributed by atoms with Crippen LogP contribution in [0.2, 0.25) is 0 Å². The number of hydrogen-bond acceptors (Lipinski definition) is 4. The molecule has 6 nitrogen and oxygen atoms in total. The van der Waals surface area contributed by atoms with E-state index in [1.165, 1.54) is 6.33 Å². The first-order chi connectivity index (χ1) is 10.6. The zero-order chi connectivity index (χ0) is 15.5. The van der Waals surface area contributed by atoms with Gasteiger partial charge in [-0.15, -0.1) is 0 Å². The monoisotopic (exact) mass is 299 g/mol. The summed E-state index contributed by atoms with van der Waals surface area (Å²) in [5, 5.41) is 10.1. The lowest BCUT2D eigenvalue weighted by Crippen LogP contribution is -2.47. The molecule has 2 aromatic rings. The molecule has 0 bridgehead atoms. The van der Waals surface area contributed by atoms with Gasteiger partial charge in [0.25, 0.3) is 0 Å². The predicted molar refractivity (Wildman–Crippen MR) is 85.7 cm³/mol. The number of aromatic amines is 1. The summed E-state index contributed by atoms with van der Waals surface area (Å²) in [7, 11) is 0. The van der Waals surface area contributed by atoms with Gasteiger partial charge in [0.15, 0.2) is 0 Å². The first-order valence-electron chi connectivity index (χ1n) is 7.65. The largest absolute Gasteiger partial charge is 0.379 e. The third kappa shape index (κ3) is 2.95. The molecule has 6 heteroatoms. The number of carbonyl (C=O) groups is 1. The van der Waals surface area contributed by atoms with E-state index in [9.17, 15) is 4.79 Å². The fourth-order valence-electron chi connectivity index (χ4n) is 2.70. The Labute approximate surface area is 129 Å². The molecule has 2 heterocycles. The van der Waals surface area contributed by atoms with E-state index in [1.54, 1.807) is 0 Å². The van der Waals surface area contributed by atoms with E-state index in [0.29, 0.717) is 25.3 Å². The molecule has 0 fully saturated rings. The van der Waals surface area contributed by atoms with E-state index in [1.807, 2.05) is 29.2 Å². The zero-order valence-corrected chi connectivity index (χ0v) is 12.9. The van der Waals surface area contributed by atoms with Gasteiger partial charge in [-0.3, -0.25) is 9.89 Å². The van der Waals surface area contributed by atoms with Crippen molar-refractivity contribution in [3.63, 3.8) is 0 Å². The number of rotatable bonds is 4. The van der Waals surface area contributed by atoms with Gasteiger partial charge in [0, 0.05) is 25.4 Å². The molecule has 22 heavy (non-hydrogen) atoms. The van der Waals surface area contributed by atoms with Crippen LogP contribution >= 0.6 is 0 Å². The van der Waals surface area contributed by atoms with Crippen LogP contribution in [0, 0.1) is 5.92 Å². The average molecular weight is 299 g/mol. The van der Waals surface area contributed by atoms with Crippen LogP contribution in [0.5, 0.6) is 0 Å². The summed E-state index contributed by atoms with van der Waals surface area (Å²) >= 11 is 0. The van der Waals surface area contributed by atoms with Crippen molar-refractivity contribution in [1.82, 2.24) is 15.2 Å². The third-order valence-electron chi connectivity index (χ3n) is 4.06. The van der Waals surface area contributed by atoms with Crippen molar-refractivity contribution in [2.24, 2.45) is 5.92 Å². The molecule has 1 aromatic carbocycles. The highest BCUT2D eigenvalue weighted by atomic mass is 16.2. The molecule has 1 aliphatic heterocycles. The van der Waals surface area contributed by atoms with Gasteiger partial charge >= 0.3 is 0 Å². The molecule has 1 unspecified atom stereocenters. The minimum atomic E-state index is 0.121. The van der Waals surface area contributed by atoms with E-state index in [-0.39, 0.29) is 11.9 Å². The number of anilines is 2. The SMILES string of the molecule is CC(C)C1CN(C(=O)CCc2ncn[nH]2)c2ccccc2N1. The summed E-state index contributed by atoms with van der Waals surface area (Å²) < 4.78 is 0. The summed E-state index contributed by atoms with van der Waals surface area (Å²) in [6, 6.07) is 8.24. The van der Waals surface area contributed by atoms with E-state index in [4.69, 9.17) is 0 Å². The van der Waals surface area contributed by atoms with Gasteiger partial charge in [0.2, 0.25) is 5.91 Å². The van der Waals surface area contributed by atoms with Gasteiger partial charge < -0.3 is 10.2 Å². The smallest absolute Gasteiger partial charge is 0.227 e. The average Bonchev–Trinajstić information content (AvgIpc) is 3.04. The molecule has 116 valence electrons. The van der Waals surface area contributed by atoms with Crippen molar-refractivity contribution in [3.05, 3.63) is 36.4 Å². The third-order valence-corrected chi connectivity index (χ3v) is 4.06. The first-order valence-corrected chi connectivity index (χ1v) is 7.65. The molecule has 0 saturated carbocycles. The Bertz CT molecular complexity index is 638. The van der Waals surface area contributed by atoms with E-state index >= 15 is 0 Å². The number of para-hydroxylation sites is 2.